The number of benzene rings is 3. The maximum Gasteiger partial charge on any atom is 0.171 e. The molecular weight excluding hydrogens is 458 g/mol. The summed E-state index contributed by atoms with van der Waals surface area (Å²) in [6, 6.07) is 22.3. The third kappa shape index (κ3) is 6.28. The molecule has 6 nitrogen and oxygen atoms in total. The number of rotatable bonds is 11. The van der Waals surface area contributed by atoms with Crippen molar-refractivity contribution >= 4 is 35.0 Å². The molecule has 0 aliphatic carbocycles. The number of ketones is 1. The lowest BCUT2D eigenvalue weighted by atomic mass is 10.0. The Balaban J connectivity index is 1.36. The molecule has 0 bridgehead atoms. The molecule has 0 atom stereocenters. The van der Waals surface area contributed by atoms with Gasteiger partial charge in [-0.1, -0.05) is 54.1 Å². The van der Waals surface area contributed by atoms with E-state index < -0.39 is 6.61 Å². The van der Waals surface area contributed by atoms with Gasteiger partial charge in [-0.05, 0) is 60.3 Å². The highest BCUT2D eigenvalue weighted by atomic mass is 35.5. The molecule has 0 aromatic heterocycles. The maximum atomic E-state index is 11.1. The SMILES string of the molecule is O=C(CO)CNCCCOc1cccc(-c2cccc(NN3Cc4ccccc4S3)c2)c1Cl. The van der Waals surface area contributed by atoms with Gasteiger partial charge < -0.3 is 20.6 Å². The Morgan fingerprint density at radius 2 is 1.97 bits per heavy atom. The van der Waals surface area contributed by atoms with E-state index >= 15 is 0 Å². The molecule has 0 amide bonds. The van der Waals surface area contributed by atoms with Gasteiger partial charge in [-0.25, -0.2) is 0 Å². The van der Waals surface area contributed by atoms with Crippen LogP contribution in [0.15, 0.2) is 71.6 Å². The standard InChI is InChI=1S/C25H26ClN3O3S/c26-25-22(9-4-10-23(25)32-13-5-12-27-15-21(31)17-30)18-7-3-8-20(14-18)28-29-16-19-6-1-2-11-24(19)33-29/h1-4,6-11,14,27-28,30H,5,12-13,15-17H2. The summed E-state index contributed by atoms with van der Waals surface area (Å²) in [5.41, 5.74) is 7.68. The van der Waals surface area contributed by atoms with Crippen LogP contribution in [0, 0.1) is 0 Å². The number of carbonyl (C=O) groups is 1. The number of carbonyl (C=O) groups excluding carboxylic acids is 1. The third-order valence-corrected chi connectivity index (χ3v) is 6.57. The summed E-state index contributed by atoms with van der Waals surface area (Å²) in [4.78, 5) is 12.4. The van der Waals surface area contributed by atoms with Crippen LogP contribution in [0.4, 0.5) is 5.69 Å². The van der Waals surface area contributed by atoms with Gasteiger partial charge in [0.15, 0.2) is 5.78 Å². The van der Waals surface area contributed by atoms with Gasteiger partial charge in [0, 0.05) is 10.5 Å². The lowest BCUT2D eigenvalue weighted by molar-refractivity contribution is -0.120. The number of nitrogens with one attached hydrogen (secondary N) is 2. The molecule has 8 heteroatoms. The van der Waals surface area contributed by atoms with Crippen LogP contribution >= 0.6 is 23.5 Å². The monoisotopic (exact) mass is 483 g/mol. The first-order valence-corrected chi connectivity index (χ1v) is 11.9. The molecule has 0 saturated carbocycles. The van der Waals surface area contributed by atoms with E-state index in [1.807, 2.05) is 36.4 Å². The molecule has 0 fully saturated rings. The zero-order valence-electron chi connectivity index (χ0n) is 18.1. The van der Waals surface area contributed by atoms with Crippen LogP contribution < -0.4 is 15.5 Å². The molecule has 0 spiro atoms. The second-order valence-electron chi connectivity index (χ2n) is 7.62. The summed E-state index contributed by atoms with van der Waals surface area (Å²) in [5.74, 6) is 0.403. The van der Waals surface area contributed by atoms with Gasteiger partial charge in [0.2, 0.25) is 0 Å². The lowest BCUT2D eigenvalue weighted by Gasteiger charge is -2.17. The highest BCUT2D eigenvalue weighted by molar-refractivity contribution is 7.97. The molecule has 33 heavy (non-hydrogen) atoms. The minimum absolute atomic E-state index is 0.166. The molecule has 3 N–H and O–H groups in total. The van der Waals surface area contributed by atoms with Gasteiger partial charge >= 0.3 is 0 Å². The number of aliphatic hydroxyl groups excluding tert-OH is 1. The van der Waals surface area contributed by atoms with Gasteiger partial charge in [0.25, 0.3) is 0 Å². The summed E-state index contributed by atoms with van der Waals surface area (Å²) in [7, 11) is 0. The Morgan fingerprint density at radius 1 is 1.12 bits per heavy atom. The number of aliphatic hydroxyl groups is 1. The van der Waals surface area contributed by atoms with Crippen LogP contribution in [-0.2, 0) is 11.3 Å². The highest BCUT2D eigenvalue weighted by Gasteiger charge is 2.19. The summed E-state index contributed by atoms with van der Waals surface area (Å²) >= 11 is 8.37. The van der Waals surface area contributed by atoms with Crippen LogP contribution in [0.1, 0.15) is 12.0 Å². The first-order valence-electron chi connectivity index (χ1n) is 10.8. The fourth-order valence-corrected chi connectivity index (χ4v) is 4.77. The van der Waals surface area contributed by atoms with E-state index in [-0.39, 0.29) is 12.3 Å². The second kappa shape index (κ2) is 11.5. The Kier molecular flexibility index (Phi) is 8.25. The average Bonchev–Trinajstić information content (AvgIpc) is 3.24. The number of anilines is 1. The first kappa shape index (κ1) is 23.6. The summed E-state index contributed by atoms with van der Waals surface area (Å²) in [5, 5.41) is 12.3. The third-order valence-electron chi connectivity index (χ3n) is 5.14. The Morgan fingerprint density at radius 3 is 2.82 bits per heavy atom. The van der Waals surface area contributed by atoms with Crippen LogP contribution in [0.2, 0.25) is 5.02 Å². The number of ether oxygens (including phenoxy) is 1. The number of hydrazine groups is 1. The van der Waals surface area contributed by atoms with Gasteiger partial charge in [-0.15, -0.1) is 0 Å². The van der Waals surface area contributed by atoms with Gasteiger partial charge in [0.1, 0.15) is 12.4 Å². The van der Waals surface area contributed by atoms with Crippen molar-refractivity contribution in [3.63, 3.8) is 0 Å². The van der Waals surface area contributed by atoms with Crippen LogP contribution in [-0.4, -0.2) is 41.6 Å². The van der Waals surface area contributed by atoms with Gasteiger partial charge in [-0.2, -0.15) is 4.41 Å². The average molecular weight is 484 g/mol. The summed E-state index contributed by atoms with van der Waals surface area (Å²) in [6.07, 6.45) is 0.717. The predicted octanol–water partition coefficient (Wildman–Crippen LogP) is 4.78. The number of nitrogens with zero attached hydrogens (tertiary/aromatic N) is 1. The van der Waals surface area contributed by atoms with Gasteiger partial charge in [-0.3, -0.25) is 4.79 Å². The minimum Gasteiger partial charge on any atom is -0.492 e. The molecular formula is C25H26ClN3O3S. The number of halogens is 1. The Hall–Kier alpha value is -2.55. The van der Waals surface area contributed by atoms with E-state index in [2.05, 4.69) is 45.5 Å². The predicted molar refractivity (Wildman–Crippen MR) is 133 cm³/mol. The number of hydrogen-bond donors (Lipinski definition) is 3. The van der Waals surface area contributed by atoms with Crippen molar-refractivity contribution in [1.82, 2.24) is 9.73 Å². The molecule has 3 aromatic rings. The molecule has 3 aromatic carbocycles. The van der Waals surface area contributed by atoms with E-state index in [1.54, 1.807) is 11.9 Å². The van der Waals surface area contributed by atoms with Crippen molar-refractivity contribution in [2.75, 3.05) is 31.7 Å². The van der Waals surface area contributed by atoms with Crippen molar-refractivity contribution in [2.24, 2.45) is 0 Å². The fraction of sp³-hybridized carbons (Fsp3) is 0.240. The Labute approximate surface area is 203 Å². The molecule has 0 unspecified atom stereocenters. The van der Waals surface area contributed by atoms with Crippen molar-refractivity contribution in [3.8, 4) is 16.9 Å². The molecule has 172 valence electrons. The van der Waals surface area contributed by atoms with Crippen molar-refractivity contribution in [2.45, 2.75) is 17.9 Å². The zero-order valence-corrected chi connectivity index (χ0v) is 19.7. The topological polar surface area (TPSA) is 73.8 Å². The first-order chi connectivity index (χ1) is 16.1. The molecule has 0 radical (unpaired) electrons. The number of hydrogen-bond acceptors (Lipinski definition) is 7. The van der Waals surface area contributed by atoms with Gasteiger partial charge in [0.05, 0.1) is 30.4 Å². The molecule has 0 saturated heterocycles. The summed E-state index contributed by atoms with van der Waals surface area (Å²) < 4.78 is 7.99. The largest absolute Gasteiger partial charge is 0.492 e. The van der Waals surface area contributed by atoms with Crippen molar-refractivity contribution in [1.29, 1.82) is 0 Å². The minimum atomic E-state index is -0.437. The second-order valence-corrected chi connectivity index (χ2v) is 9.06. The van der Waals surface area contributed by atoms with E-state index in [0.717, 1.165) is 23.4 Å². The molecule has 4 rings (SSSR count). The molecule has 1 heterocycles. The van der Waals surface area contributed by atoms with Crippen molar-refractivity contribution < 1.29 is 14.6 Å². The molecule has 1 aliphatic heterocycles. The highest BCUT2D eigenvalue weighted by Crippen LogP contribution is 2.38. The van der Waals surface area contributed by atoms with E-state index in [0.29, 0.717) is 30.3 Å². The van der Waals surface area contributed by atoms with Crippen LogP contribution in [0.3, 0.4) is 0 Å². The van der Waals surface area contributed by atoms with E-state index in [9.17, 15) is 4.79 Å². The normalized spacial score (nSPS) is 13.0. The smallest absolute Gasteiger partial charge is 0.171 e. The fourth-order valence-electron chi connectivity index (χ4n) is 3.50. The van der Waals surface area contributed by atoms with E-state index in [1.165, 1.54) is 10.5 Å². The quantitative estimate of drug-likeness (QED) is 0.268. The summed E-state index contributed by atoms with van der Waals surface area (Å²) in [6.45, 7) is 1.65. The zero-order chi connectivity index (χ0) is 23.0. The van der Waals surface area contributed by atoms with Crippen LogP contribution in [0.25, 0.3) is 11.1 Å². The van der Waals surface area contributed by atoms with E-state index in [4.69, 9.17) is 21.4 Å². The molecule has 1 aliphatic rings. The number of Topliss-reactive ketones (excluding diaryl/α,β-unsaturated/α-hetero) is 1. The lowest BCUT2D eigenvalue weighted by Crippen LogP contribution is -2.26. The Bertz CT molecular complexity index is 1090. The number of fused-ring (bicyclic) bond motifs is 1. The maximum absolute atomic E-state index is 11.1. The van der Waals surface area contributed by atoms with Crippen LogP contribution in [0.5, 0.6) is 5.75 Å². The van der Waals surface area contributed by atoms with Crippen molar-refractivity contribution in [3.05, 3.63) is 77.3 Å².